The highest BCUT2D eigenvalue weighted by molar-refractivity contribution is 6.32. The molecular formula is C13H13ClN2O2. The number of hydrogen-bond acceptors (Lipinski definition) is 3. The van der Waals surface area contributed by atoms with E-state index in [9.17, 15) is 4.79 Å². The van der Waals surface area contributed by atoms with Crippen LogP contribution in [0.2, 0.25) is 5.02 Å². The van der Waals surface area contributed by atoms with Gasteiger partial charge in [-0.1, -0.05) is 17.7 Å². The minimum atomic E-state index is -0.745. The number of carboxylic acid groups (broad SMARTS) is 1. The van der Waals surface area contributed by atoms with Gasteiger partial charge in [0.05, 0.1) is 22.2 Å². The second-order valence-corrected chi connectivity index (χ2v) is 4.87. The lowest BCUT2D eigenvalue weighted by Gasteiger charge is -2.15. The van der Waals surface area contributed by atoms with E-state index in [-0.39, 0.29) is 12.0 Å². The summed E-state index contributed by atoms with van der Waals surface area (Å²) in [5.41, 5.74) is 1.10. The number of benzene rings is 1. The van der Waals surface area contributed by atoms with Crippen molar-refractivity contribution in [2.24, 2.45) is 5.92 Å². The topological polar surface area (TPSA) is 73.1 Å². The normalized spacial score (nSPS) is 22.4. The third kappa shape index (κ3) is 2.57. The molecular weight excluding hydrogens is 252 g/mol. The Labute approximate surface area is 110 Å². The van der Waals surface area contributed by atoms with Gasteiger partial charge in [0.25, 0.3) is 0 Å². The molecule has 1 fully saturated rings. The largest absolute Gasteiger partial charge is 0.481 e. The highest BCUT2D eigenvalue weighted by Gasteiger charge is 2.29. The number of halogens is 1. The van der Waals surface area contributed by atoms with E-state index in [4.69, 9.17) is 22.0 Å². The van der Waals surface area contributed by atoms with Gasteiger partial charge in [0.1, 0.15) is 6.07 Å². The molecule has 0 amide bonds. The maximum atomic E-state index is 10.9. The van der Waals surface area contributed by atoms with Gasteiger partial charge in [0.15, 0.2) is 0 Å². The summed E-state index contributed by atoms with van der Waals surface area (Å²) in [6.07, 6.45) is 2.07. The molecule has 0 aromatic heterocycles. The van der Waals surface area contributed by atoms with Crippen LogP contribution >= 0.6 is 11.6 Å². The summed E-state index contributed by atoms with van der Waals surface area (Å²) < 4.78 is 0. The smallest absolute Gasteiger partial charge is 0.306 e. The summed E-state index contributed by atoms with van der Waals surface area (Å²) in [5.74, 6) is -1.03. The number of carboxylic acids is 1. The molecule has 0 aliphatic heterocycles. The summed E-state index contributed by atoms with van der Waals surface area (Å²) in [6, 6.07) is 7.38. The summed E-state index contributed by atoms with van der Waals surface area (Å²) >= 11 is 5.94. The van der Waals surface area contributed by atoms with E-state index in [1.165, 1.54) is 0 Å². The van der Waals surface area contributed by atoms with Crippen LogP contribution in [0.15, 0.2) is 18.2 Å². The zero-order chi connectivity index (χ0) is 13.1. The second-order valence-electron chi connectivity index (χ2n) is 4.46. The van der Waals surface area contributed by atoms with E-state index in [1.807, 2.05) is 0 Å². The molecule has 0 heterocycles. The van der Waals surface area contributed by atoms with Gasteiger partial charge in [-0.2, -0.15) is 5.26 Å². The average molecular weight is 265 g/mol. The lowest BCUT2D eigenvalue weighted by atomic mass is 10.1. The molecule has 0 spiro atoms. The fourth-order valence-corrected chi connectivity index (χ4v) is 2.53. The van der Waals surface area contributed by atoms with Gasteiger partial charge in [-0.3, -0.25) is 4.79 Å². The molecule has 2 atom stereocenters. The van der Waals surface area contributed by atoms with E-state index < -0.39 is 5.97 Å². The van der Waals surface area contributed by atoms with E-state index in [1.54, 1.807) is 18.2 Å². The zero-order valence-corrected chi connectivity index (χ0v) is 10.4. The number of anilines is 1. The van der Waals surface area contributed by atoms with Crippen LogP contribution in [0.4, 0.5) is 5.69 Å². The minimum Gasteiger partial charge on any atom is -0.481 e. The van der Waals surface area contributed by atoms with Gasteiger partial charge in [0.2, 0.25) is 0 Å². The zero-order valence-electron chi connectivity index (χ0n) is 9.69. The van der Waals surface area contributed by atoms with Gasteiger partial charge in [-0.05, 0) is 31.4 Å². The van der Waals surface area contributed by atoms with Crippen LogP contribution in [-0.2, 0) is 4.79 Å². The average Bonchev–Trinajstić information content (AvgIpc) is 2.78. The molecule has 2 rings (SSSR count). The SMILES string of the molecule is N#Cc1c(Cl)cccc1NC1CCC(C(=O)O)C1. The van der Waals surface area contributed by atoms with Gasteiger partial charge in [-0.25, -0.2) is 0 Å². The fraction of sp³-hybridized carbons (Fsp3) is 0.385. The molecule has 0 radical (unpaired) electrons. The molecule has 2 N–H and O–H groups in total. The molecule has 1 aromatic rings. The summed E-state index contributed by atoms with van der Waals surface area (Å²) in [7, 11) is 0. The van der Waals surface area contributed by atoms with Crippen LogP contribution in [0.1, 0.15) is 24.8 Å². The van der Waals surface area contributed by atoms with Crippen LogP contribution in [0.25, 0.3) is 0 Å². The molecule has 0 saturated heterocycles. The maximum Gasteiger partial charge on any atom is 0.306 e. The Balaban J connectivity index is 2.10. The van der Waals surface area contributed by atoms with E-state index in [2.05, 4.69) is 11.4 Å². The molecule has 5 heteroatoms. The first-order valence-corrected chi connectivity index (χ1v) is 6.17. The fourth-order valence-electron chi connectivity index (χ4n) is 2.31. The Kier molecular flexibility index (Phi) is 3.73. The van der Waals surface area contributed by atoms with Crippen molar-refractivity contribution in [3.05, 3.63) is 28.8 Å². The Bertz CT molecular complexity index is 510. The van der Waals surface area contributed by atoms with Gasteiger partial charge < -0.3 is 10.4 Å². The quantitative estimate of drug-likeness (QED) is 0.880. The van der Waals surface area contributed by atoms with Crippen molar-refractivity contribution in [2.45, 2.75) is 25.3 Å². The van der Waals surface area contributed by atoms with Crippen LogP contribution in [0.5, 0.6) is 0 Å². The number of carbonyl (C=O) groups is 1. The standard InChI is InChI=1S/C13H13ClN2O2/c14-11-2-1-3-12(10(11)7-15)16-9-5-4-8(6-9)13(17)18/h1-3,8-9,16H,4-6H2,(H,17,18). The van der Waals surface area contributed by atoms with Gasteiger partial charge in [0, 0.05) is 6.04 Å². The van der Waals surface area contributed by atoms with Crippen molar-refractivity contribution in [2.75, 3.05) is 5.32 Å². The van der Waals surface area contributed by atoms with Crippen LogP contribution < -0.4 is 5.32 Å². The molecule has 1 aliphatic carbocycles. The molecule has 2 unspecified atom stereocenters. The first-order valence-electron chi connectivity index (χ1n) is 5.79. The van der Waals surface area contributed by atoms with E-state index in [0.717, 1.165) is 6.42 Å². The molecule has 94 valence electrons. The number of hydrogen-bond donors (Lipinski definition) is 2. The number of nitriles is 1. The number of rotatable bonds is 3. The molecule has 18 heavy (non-hydrogen) atoms. The van der Waals surface area contributed by atoms with E-state index >= 15 is 0 Å². The number of nitrogens with zero attached hydrogens (tertiary/aromatic N) is 1. The third-order valence-electron chi connectivity index (χ3n) is 3.27. The van der Waals surface area contributed by atoms with Crippen LogP contribution in [0.3, 0.4) is 0 Å². The second kappa shape index (κ2) is 5.28. The van der Waals surface area contributed by atoms with Crippen molar-refractivity contribution in [3.63, 3.8) is 0 Å². The lowest BCUT2D eigenvalue weighted by Crippen LogP contribution is -2.18. The van der Waals surface area contributed by atoms with E-state index in [0.29, 0.717) is 29.1 Å². The minimum absolute atomic E-state index is 0.0941. The third-order valence-corrected chi connectivity index (χ3v) is 3.58. The Morgan fingerprint density at radius 1 is 1.50 bits per heavy atom. The first-order chi connectivity index (χ1) is 8.61. The molecule has 4 nitrogen and oxygen atoms in total. The Morgan fingerprint density at radius 3 is 2.89 bits per heavy atom. The lowest BCUT2D eigenvalue weighted by molar-refractivity contribution is -0.141. The summed E-state index contributed by atoms with van der Waals surface area (Å²) in [5, 5.41) is 21.6. The van der Waals surface area contributed by atoms with Crippen molar-refractivity contribution in [1.82, 2.24) is 0 Å². The van der Waals surface area contributed by atoms with Gasteiger partial charge >= 0.3 is 5.97 Å². The number of aliphatic carboxylic acids is 1. The molecule has 0 bridgehead atoms. The van der Waals surface area contributed by atoms with Gasteiger partial charge in [-0.15, -0.1) is 0 Å². The molecule has 1 aliphatic rings. The van der Waals surface area contributed by atoms with Crippen molar-refractivity contribution >= 4 is 23.3 Å². The molecule has 1 saturated carbocycles. The maximum absolute atomic E-state index is 10.9. The predicted molar refractivity (Wildman–Crippen MR) is 68.6 cm³/mol. The first kappa shape index (κ1) is 12.7. The highest BCUT2D eigenvalue weighted by Crippen LogP contribution is 2.30. The van der Waals surface area contributed by atoms with Crippen LogP contribution in [0, 0.1) is 17.2 Å². The molecule has 1 aromatic carbocycles. The van der Waals surface area contributed by atoms with Crippen molar-refractivity contribution in [3.8, 4) is 6.07 Å². The van der Waals surface area contributed by atoms with Crippen molar-refractivity contribution in [1.29, 1.82) is 5.26 Å². The Morgan fingerprint density at radius 2 is 2.28 bits per heavy atom. The predicted octanol–water partition coefficient (Wildman–Crippen LogP) is 2.88. The summed E-state index contributed by atoms with van der Waals surface area (Å²) in [4.78, 5) is 10.9. The monoisotopic (exact) mass is 264 g/mol. The van der Waals surface area contributed by atoms with Crippen molar-refractivity contribution < 1.29 is 9.90 Å². The highest BCUT2D eigenvalue weighted by atomic mass is 35.5. The van der Waals surface area contributed by atoms with Crippen LogP contribution in [-0.4, -0.2) is 17.1 Å². The Hall–Kier alpha value is -1.73. The number of nitrogens with one attached hydrogen (secondary N) is 1. The summed E-state index contributed by atoms with van der Waals surface area (Å²) in [6.45, 7) is 0.